The molecule has 0 spiro atoms. The number of fused-ring (bicyclic) bond motifs is 1. The van der Waals surface area contributed by atoms with Gasteiger partial charge >= 0.3 is 0 Å². The molecule has 1 saturated heterocycles. The van der Waals surface area contributed by atoms with Crippen LogP contribution in [-0.2, 0) is 0 Å². The fraction of sp³-hybridized carbons (Fsp3) is 0.350. The summed E-state index contributed by atoms with van der Waals surface area (Å²) in [4.78, 5) is 15.3. The van der Waals surface area contributed by atoms with Crippen molar-refractivity contribution in [1.82, 2.24) is 10.2 Å². The number of piperazine rings is 1. The lowest BCUT2D eigenvalue weighted by atomic mass is 10.0. The number of methoxy groups -OCH3 is 1. The molecule has 26 heavy (non-hydrogen) atoms. The van der Waals surface area contributed by atoms with Gasteiger partial charge < -0.3 is 24.4 Å². The minimum absolute atomic E-state index is 0.0512. The van der Waals surface area contributed by atoms with Gasteiger partial charge in [0, 0.05) is 25.2 Å². The van der Waals surface area contributed by atoms with Gasteiger partial charge in [-0.15, -0.1) is 0 Å². The van der Waals surface area contributed by atoms with E-state index in [1.165, 1.54) is 0 Å². The average Bonchev–Trinajstić information content (AvgIpc) is 2.73. The van der Waals surface area contributed by atoms with Gasteiger partial charge in [0.2, 0.25) is 0 Å². The SMILES string of the molecule is COc1ccccc1C1CNCCN1C(=O)c1cccc2c1OCCO2. The second-order valence-corrected chi connectivity index (χ2v) is 6.29. The fourth-order valence-electron chi connectivity index (χ4n) is 3.56. The van der Waals surface area contributed by atoms with Crippen LogP contribution in [-0.4, -0.2) is 50.8 Å². The Hall–Kier alpha value is -2.73. The maximum Gasteiger partial charge on any atom is 0.258 e. The summed E-state index contributed by atoms with van der Waals surface area (Å²) in [5.41, 5.74) is 1.54. The van der Waals surface area contributed by atoms with Crippen LogP contribution in [0, 0.1) is 0 Å². The first kappa shape index (κ1) is 16.7. The normalized spacial score (nSPS) is 19.1. The Balaban J connectivity index is 1.70. The molecule has 0 bridgehead atoms. The molecule has 1 fully saturated rings. The first-order chi connectivity index (χ1) is 12.8. The number of hydrogen-bond acceptors (Lipinski definition) is 5. The van der Waals surface area contributed by atoms with Crippen molar-refractivity contribution in [1.29, 1.82) is 0 Å². The molecule has 0 aliphatic carbocycles. The molecule has 1 amide bonds. The quantitative estimate of drug-likeness (QED) is 0.916. The zero-order chi connectivity index (χ0) is 17.9. The van der Waals surface area contributed by atoms with Gasteiger partial charge in [0.1, 0.15) is 19.0 Å². The van der Waals surface area contributed by atoms with E-state index in [1.807, 2.05) is 41.3 Å². The highest BCUT2D eigenvalue weighted by molar-refractivity contribution is 5.98. The molecule has 0 saturated carbocycles. The zero-order valence-electron chi connectivity index (χ0n) is 14.7. The third-order valence-corrected chi connectivity index (χ3v) is 4.80. The molecule has 2 aromatic rings. The molecular formula is C20H22N2O4. The number of carbonyl (C=O) groups is 1. The molecule has 6 heteroatoms. The van der Waals surface area contributed by atoms with Gasteiger partial charge in [-0.25, -0.2) is 0 Å². The smallest absolute Gasteiger partial charge is 0.258 e. The molecule has 0 aromatic heterocycles. The molecule has 136 valence electrons. The Bertz CT molecular complexity index is 808. The Labute approximate surface area is 152 Å². The van der Waals surface area contributed by atoms with Crippen LogP contribution >= 0.6 is 0 Å². The topological polar surface area (TPSA) is 60.0 Å². The standard InChI is InChI=1S/C20H22N2O4/c1-24-17-7-3-2-5-14(17)16-13-21-9-10-22(16)20(23)15-6-4-8-18-19(15)26-12-11-25-18/h2-8,16,21H,9-13H2,1H3. The molecule has 2 aliphatic rings. The van der Waals surface area contributed by atoms with Crippen molar-refractivity contribution in [3.05, 3.63) is 53.6 Å². The van der Waals surface area contributed by atoms with Crippen LogP contribution < -0.4 is 19.5 Å². The van der Waals surface area contributed by atoms with E-state index in [0.717, 1.165) is 17.9 Å². The highest BCUT2D eigenvalue weighted by Gasteiger charge is 2.32. The monoisotopic (exact) mass is 354 g/mol. The maximum absolute atomic E-state index is 13.4. The van der Waals surface area contributed by atoms with Gasteiger partial charge in [-0.05, 0) is 18.2 Å². The predicted octanol–water partition coefficient (Wildman–Crippen LogP) is 2.25. The first-order valence-corrected chi connectivity index (χ1v) is 8.83. The van der Waals surface area contributed by atoms with E-state index in [2.05, 4.69) is 5.32 Å². The molecule has 4 rings (SSSR count). The largest absolute Gasteiger partial charge is 0.496 e. The number of benzene rings is 2. The molecule has 2 heterocycles. The van der Waals surface area contributed by atoms with Gasteiger partial charge in [0.05, 0.1) is 18.7 Å². The summed E-state index contributed by atoms with van der Waals surface area (Å²) >= 11 is 0. The van der Waals surface area contributed by atoms with Gasteiger partial charge in [-0.3, -0.25) is 4.79 Å². The lowest BCUT2D eigenvalue weighted by Crippen LogP contribution is -2.48. The summed E-state index contributed by atoms with van der Waals surface area (Å²) in [7, 11) is 1.65. The summed E-state index contributed by atoms with van der Waals surface area (Å²) in [6.07, 6.45) is 0. The fourth-order valence-corrected chi connectivity index (χ4v) is 3.56. The Morgan fingerprint density at radius 3 is 2.88 bits per heavy atom. The van der Waals surface area contributed by atoms with E-state index in [0.29, 0.717) is 43.4 Å². The van der Waals surface area contributed by atoms with Gasteiger partial charge in [0.15, 0.2) is 11.5 Å². The Morgan fingerprint density at radius 1 is 1.15 bits per heavy atom. The summed E-state index contributed by atoms with van der Waals surface area (Å²) in [6.45, 7) is 3.01. The molecule has 2 aromatic carbocycles. The molecule has 6 nitrogen and oxygen atoms in total. The van der Waals surface area contributed by atoms with Crippen LogP contribution in [0.5, 0.6) is 17.2 Å². The second-order valence-electron chi connectivity index (χ2n) is 6.29. The van der Waals surface area contributed by atoms with Crippen LogP contribution in [0.4, 0.5) is 0 Å². The lowest BCUT2D eigenvalue weighted by molar-refractivity contribution is 0.0622. The number of amides is 1. The molecule has 2 aliphatic heterocycles. The third-order valence-electron chi connectivity index (χ3n) is 4.80. The number of rotatable bonds is 3. The summed E-state index contributed by atoms with van der Waals surface area (Å²) < 4.78 is 16.9. The summed E-state index contributed by atoms with van der Waals surface area (Å²) in [6, 6.07) is 13.2. The number of ether oxygens (including phenoxy) is 3. The van der Waals surface area contributed by atoms with Crippen molar-refractivity contribution < 1.29 is 19.0 Å². The number of para-hydroxylation sites is 2. The number of nitrogens with zero attached hydrogens (tertiary/aromatic N) is 1. The van der Waals surface area contributed by atoms with E-state index in [9.17, 15) is 4.79 Å². The molecule has 0 radical (unpaired) electrons. The van der Waals surface area contributed by atoms with E-state index < -0.39 is 0 Å². The van der Waals surface area contributed by atoms with Crippen molar-refractivity contribution in [3.63, 3.8) is 0 Å². The van der Waals surface area contributed by atoms with Crippen molar-refractivity contribution >= 4 is 5.91 Å². The van der Waals surface area contributed by atoms with Crippen molar-refractivity contribution in [2.45, 2.75) is 6.04 Å². The van der Waals surface area contributed by atoms with Crippen LogP contribution in [0.2, 0.25) is 0 Å². The zero-order valence-corrected chi connectivity index (χ0v) is 14.7. The second kappa shape index (κ2) is 7.25. The van der Waals surface area contributed by atoms with Crippen LogP contribution in [0.3, 0.4) is 0 Å². The molecule has 1 N–H and O–H groups in total. The molecular weight excluding hydrogens is 332 g/mol. The Morgan fingerprint density at radius 2 is 2.00 bits per heavy atom. The van der Waals surface area contributed by atoms with Crippen molar-refractivity contribution in [2.24, 2.45) is 0 Å². The average molecular weight is 354 g/mol. The third kappa shape index (κ3) is 2.97. The van der Waals surface area contributed by atoms with Crippen LogP contribution in [0.1, 0.15) is 22.0 Å². The highest BCUT2D eigenvalue weighted by atomic mass is 16.6. The van der Waals surface area contributed by atoms with E-state index in [4.69, 9.17) is 14.2 Å². The predicted molar refractivity (Wildman–Crippen MR) is 97.1 cm³/mol. The van der Waals surface area contributed by atoms with E-state index in [-0.39, 0.29) is 11.9 Å². The van der Waals surface area contributed by atoms with Gasteiger partial charge in [-0.1, -0.05) is 24.3 Å². The molecule has 1 atom stereocenters. The van der Waals surface area contributed by atoms with Crippen LogP contribution in [0.15, 0.2) is 42.5 Å². The van der Waals surface area contributed by atoms with Crippen molar-refractivity contribution in [3.8, 4) is 17.2 Å². The first-order valence-electron chi connectivity index (χ1n) is 8.83. The number of nitrogens with one attached hydrogen (secondary N) is 1. The van der Waals surface area contributed by atoms with Crippen molar-refractivity contribution in [2.75, 3.05) is 40.0 Å². The number of hydrogen-bond donors (Lipinski definition) is 1. The number of carbonyl (C=O) groups excluding carboxylic acids is 1. The van der Waals surface area contributed by atoms with Gasteiger partial charge in [0.25, 0.3) is 5.91 Å². The minimum atomic E-state index is -0.104. The maximum atomic E-state index is 13.4. The van der Waals surface area contributed by atoms with Gasteiger partial charge in [-0.2, -0.15) is 0 Å². The summed E-state index contributed by atoms with van der Waals surface area (Å²) in [5.74, 6) is 1.91. The van der Waals surface area contributed by atoms with E-state index in [1.54, 1.807) is 13.2 Å². The Kier molecular flexibility index (Phi) is 4.67. The minimum Gasteiger partial charge on any atom is -0.496 e. The lowest BCUT2D eigenvalue weighted by Gasteiger charge is -2.37. The van der Waals surface area contributed by atoms with Crippen LogP contribution in [0.25, 0.3) is 0 Å². The highest BCUT2D eigenvalue weighted by Crippen LogP contribution is 2.37. The molecule has 1 unspecified atom stereocenters. The summed E-state index contributed by atoms with van der Waals surface area (Å²) in [5, 5.41) is 3.38. The van der Waals surface area contributed by atoms with E-state index >= 15 is 0 Å².